The fourth-order valence-electron chi connectivity index (χ4n) is 2.86. The van der Waals surface area contributed by atoms with E-state index in [9.17, 15) is 9.90 Å². The minimum atomic E-state index is -0.211. The normalized spacial score (nSPS) is 18.5. The number of piperidine rings is 1. The maximum atomic E-state index is 12.0. The Morgan fingerprint density at radius 1 is 1.48 bits per heavy atom. The fraction of sp³-hybridized carbons (Fsp3) is 0.588. The number of ether oxygens (including phenoxy) is 1. The van der Waals surface area contributed by atoms with E-state index in [0.29, 0.717) is 18.2 Å². The van der Waals surface area contributed by atoms with Gasteiger partial charge in [0.1, 0.15) is 5.75 Å². The molecule has 1 atom stereocenters. The first kappa shape index (κ1) is 17.6. The van der Waals surface area contributed by atoms with Gasteiger partial charge in [0.2, 0.25) is 0 Å². The number of benzene rings is 1. The zero-order chi connectivity index (χ0) is 16.7. The first-order chi connectivity index (χ1) is 11.1. The Morgan fingerprint density at radius 2 is 2.30 bits per heavy atom. The van der Waals surface area contributed by atoms with Crippen LogP contribution < -0.4 is 15.4 Å². The van der Waals surface area contributed by atoms with Crippen LogP contribution >= 0.6 is 0 Å². The lowest BCUT2D eigenvalue weighted by Gasteiger charge is -2.31. The molecule has 6 nitrogen and oxygen atoms in total. The molecule has 2 rings (SSSR count). The van der Waals surface area contributed by atoms with Gasteiger partial charge in [-0.3, -0.25) is 0 Å². The van der Waals surface area contributed by atoms with Crippen LogP contribution in [0.15, 0.2) is 18.2 Å². The predicted octanol–water partition coefficient (Wildman–Crippen LogP) is 1.83. The number of carbonyl (C=O) groups excluding carboxylic acids is 1. The summed E-state index contributed by atoms with van der Waals surface area (Å²) in [6, 6.07) is 5.38. The third kappa shape index (κ3) is 5.41. The molecule has 1 aliphatic heterocycles. The Balaban J connectivity index is 1.75. The number of anilines is 1. The molecule has 6 heteroatoms. The number of carbonyl (C=O) groups is 1. The molecule has 1 unspecified atom stereocenters. The highest BCUT2D eigenvalue weighted by atomic mass is 16.5. The van der Waals surface area contributed by atoms with Crippen LogP contribution in [-0.2, 0) is 0 Å². The molecule has 2 amide bonds. The first-order valence-electron chi connectivity index (χ1n) is 8.15. The minimum absolute atomic E-state index is 0.211. The molecule has 1 fully saturated rings. The molecule has 1 heterocycles. The maximum Gasteiger partial charge on any atom is 0.319 e. The SMILES string of the molecule is COc1ccc(C)c(NC(=O)NCCN2CCCC(CO)C2)c1. The van der Waals surface area contributed by atoms with Gasteiger partial charge in [-0.25, -0.2) is 4.79 Å². The Labute approximate surface area is 137 Å². The summed E-state index contributed by atoms with van der Waals surface area (Å²) in [5, 5.41) is 15.0. The Hall–Kier alpha value is -1.79. The molecular formula is C17H27N3O3. The summed E-state index contributed by atoms with van der Waals surface area (Å²) in [5.74, 6) is 1.09. The number of aryl methyl sites for hydroxylation is 1. The Bertz CT molecular complexity index is 522. The fourth-order valence-corrected chi connectivity index (χ4v) is 2.86. The van der Waals surface area contributed by atoms with E-state index in [1.54, 1.807) is 7.11 Å². The average Bonchev–Trinajstić information content (AvgIpc) is 2.57. The number of aliphatic hydroxyl groups is 1. The van der Waals surface area contributed by atoms with Crippen LogP contribution in [0.25, 0.3) is 0 Å². The number of aliphatic hydroxyl groups excluding tert-OH is 1. The van der Waals surface area contributed by atoms with Crippen LogP contribution in [0, 0.1) is 12.8 Å². The van der Waals surface area contributed by atoms with Crippen molar-refractivity contribution in [2.45, 2.75) is 19.8 Å². The molecule has 0 aliphatic carbocycles. The van der Waals surface area contributed by atoms with Gasteiger partial charge in [0, 0.05) is 38.0 Å². The van der Waals surface area contributed by atoms with Gasteiger partial charge in [-0.05, 0) is 43.9 Å². The van der Waals surface area contributed by atoms with E-state index in [4.69, 9.17) is 4.74 Å². The van der Waals surface area contributed by atoms with Crippen molar-refractivity contribution in [1.29, 1.82) is 0 Å². The second kappa shape index (κ2) is 8.74. The van der Waals surface area contributed by atoms with Gasteiger partial charge < -0.3 is 25.4 Å². The van der Waals surface area contributed by atoms with Crippen molar-refractivity contribution in [1.82, 2.24) is 10.2 Å². The number of amides is 2. The van der Waals surface area contributed by atoms with Gasteiger partial charge in [0.25, 0.3) is 0 Å². The average molecular weight is 321 g/mol. The number of methoxy groups -OCH3 is 1. The molecule has 1 aromatic carbocycles. The van der Waals surface area contributed by atoms with Crippen LogP contribution in [0.2, 0.25) is 0 Å². The van der Waals surface area contributed by atoms with E-state index < -0.39 is 0 Å². The minimum Gasteiger partial charge on any atom is -0.497 e. The van der Waals surface area contributed by atoms with Gasteiger partial charge in [-0.15, -0.1) is 0 Å². The van der Waals surface area contributed by atoms with Gasteiger partial charge in [-0.2, -0.15) is 0 Å². The van der Waals surface area contributed by atoms with E-state index in [0.717, 1.165) is 43.7 Å². The second-order valence-corrected chi connectivity index (χ2v) is 6.05. The van der Waals surface area contributed by atoms with Crippen molar-refractivity contribution in [3.63, 3.8) is 0 Å². The molecule has 1 aromatic rings. The van der Waals surface area contributed by atoms with E-state index in [1.807, 2.05) is 25.1 Å². The summed E-state index contributed by atoms with van der Waals surface area (Å²) in [6.07, 6.45) is 2.20. The lowest BCUT2D eigenvalue weighted by Crippen LogP contribution is -2.42. The van der Waals surface area contributed by atoms with Crippen LogP contribution in [0.1, 0.15) is 18.4 Å². The van der Waals surface area contributed by atoms with Crippen molar-refractivity contribution >= 4 is 11.7 Å². The standard InChI is InChI=1S/C17H27N3O3/c1-13-5-6-15(23-2)10-16(13)19-17(22)18-7-9-20-8-3-4-14(11-20)12-21/h5-6,10,14,21H,3-4,7-9,11-12H2,1-2H3,(H2,18,19,22). The van der Waals surface area contributed by atoms with Crippen molar-refractivity contribution in [3.8, 4) is 5.75 Å². The summed E-state index contributed by atoms with van der Waals surface area (Å²) in [7, 11) is 1.60. The molecule has 1 aliphatic rings. The van der Waals surface area contributed by atoms with Crippen molar-refractivity contribution in [2.75, 3.05) is 45.2 Å². The first-order valence-corrected chi connectivity index (χ1v) is 8.15. The van der Waals surface area contributed by atoms with E-state index in [-0.39, 0.29) is 12.6 Å². The highest BCUT2D eigenvalue weighted by molar-refractivity contribution is 5.90. The highest BCUT2D eigenvalue weighted by Gasteiger charge is 2.18. The number of urea groups is 1. The van der Waals surface area contributed by atoms with Gasteiger partial charge >= 0.3 is 6.03 Å². The van der Waals surface area contributed by atoms with Gasteiger partial charge in [-0.1, -0.05) is 6.07 Å². The molecule has 0 aromatic heterocycles. The number of hydrogen-bond acceptors (Lipinski definition) is 4. The molecule has 1 saturated heterocycles. The lowest BCUT2D eigenvalue weighted by molar-refractivity contribution is 0.121. The number of likely N-dealkylation sites (tertiary alicyclic amines) is 1. The molecule has 128 valence electrons. The summed E-state index contributed by atoms with van der Waals surface area (Å²) in [6.45, 7) is 5.54. The lowest BCUT2D eigenvalue weighted by atomic mass is 9.99. The number of nitrogens with zero attached hydrogens (tertiary/aromatic N) is 1. The topological polar surface area (TPSA) is 73.8 Å². The second-order valence-electron chi connectivity index (χ2n) is 6.05. The van der Waals surface area contributed by atoms with E-state index in [2.05, 4.69) is 15.5 Å². The molecule has 0 bridgehead atoms. The van der Waals surface area contributed by atoms with Gasteiger partial charge in [0.15, 0.2) is 0 Å². The smallest absolute Gasteiger partial charge is 0.319 e. The van der Waals surface area contributed by atoms with Crippen LogP contribution in [0.5, 0.6) is 5.75 Å². The van der Waals surface area contributed by atoms with E-state index in [1.165, 1.54) is 0 Å². The number of nitrogens with one attached hydrogen (secondary N) is 2. The quantitative estimate of drug-likeness (QED) is 0.747. The molecule has 23 heavy (non-hydrogen) atoms. The number of rotatable bonds is 6. The van der Waals surface area contributed by atoms with Gasteiger partial charge in [0.05, 0.1) is 7.11 Å². The monoisotopic (exact) mass is 321 g/mol. The highest BCUT2D eigenvalue weighted by Crippen LogP contribution is 2.21. The molecular weight excluding hydrogens is 294 g/mol. The summed E-state index contributed by atoms with van der Waals surface area (Å²) in [4.78, 5) is 14.3. The Kier molecular flexibility index (Phi) is 6.67. The molecule has 0 radical (unpaired) electrons. The van der Waals surface area contributed by atoms with Crippen molar-refractivity contribution in [2.24, 2.45) is 5.92 Å². The molecule has 0 saturated carbocycles. The maximum absolute atomic E-state index is 12.0. The van der Waals surface area contributed by atoms with Crippen LogP contribution in [0.3, 0.4) is 0 Å². The van der Waals surface area contributed by atoms with Crippen LogP contribution in [0.4, 0.5) is 10.5 Å². The predicted molar refractivity (Wildman–Crippen MR) is 91.0 cm³/mol. The third-order valence-corrected chi connectivity index (χ3v) is 4.27. The summed E-state index contributed by atoms with van der Waals surface area (Å²) < 4.78 is 5.17. The van der Waals surface area contributed by atoms with Crippen molar-refractivity contribution in [3.05, 3.63) is 23.8 Å². The molecule has 3 N–H and O–H groups in total. The van der Waals surface area contributed by atoms with Crippen LogP contribution in [-0.4, -0.2) is 55.9 Å². The summed E-state index contributed by atoms with van der Waals surface area (Å²) in [5.41, 5.74) is 1.74. The summed E-state index contributed by atoms with van der Waals surface area (Å²) >= 11 is 0. The Morgan fingerprint density at radius 3 is 3.04 bits per heavy atom. The van der Waals surface area contributed by atoms with Crippen molar-refractivity contribution < 1.29 is 14.6 Å². The zero-order valence-electron chi connectivity index (χ0n) is 14.0. The molecule has 0 spiro atoms. The van der Waals surface area contributed by atoms with E-state index >= 15 is 0 Å². The third-order valence-electron chi connectivity index (χ3n) is 4.27. The zero-order valence-corrected chi connectivity index (χ0v) is 14.0. The largest absolute Gasteiger partial charge is 0.497 e. The number of hydrogen-bond donors (Lipinski definition) is 3.